The number of hydrogen-bond acceptors (Lipinski definition) is 6. The number of nitrogens with zero attached hydrogens (tertiary/aromatic N) is 7. The summed E-state index contributed by atoms with van der Waals surface area (Å²) in [5.41, 5.74) is 4.89. The molecule has 0 bridgehead atoms. The summed E-state index contributed by atoms with van der Waals surface area (Å²) in [5.74, 6) is 1.09. The van der Waals surface area contributed by atoms with Crippen LogP contribution in [0.25, 0.3) is 27.9 Å². The Morgan fingerprint density at radius 1 is 1.07 bits per heavy atom. The van der Waals surface area contributed by atoms with Crippen LogP contribution in [0.15, 0.2) is 102 Å². The van der Waals surface area contributed by atoms with Gasteiger partial charge >= 0.3 is 0 Å². The molecule has 9 nitrogen and oxygen atoms in total. The molecule has 0 fully saturated rings. The zero-order chi connectivity index (χ0) is 27.5. The van der Waals surface area contributed by atoms with Gasteiger partial charge in [0.25, 0.3) is 0 Å². The molecular formula is C31H25N7O2. The lowest BCUT2D eigenvalue weighted by atomic mass is 10.1. The van der Waals surface area contributed by atoms with Crippen molar-refractivity contribution in [2.24, 2.45) is 0 Å². The van der Waals surface area contributed by atoms with Crippen molar-refractivity contribution in [2.45, 2.75) is 25.9 Å². The van der Waals surface area contributed by atoms with Crippen molar-refractivity contribution in [2.75, 3.05) is 4.90 Å². The third-order valence-corrected chi connectivity index (χ3v) is 6.93. The molecule has 0 aliphatic rings. The fourth-order valence-corrected chi connectivity index (χ4v) is 4.97. The summed E-state index contributed by atoms with van der Waals surface area (Å²) in [6, 6.07) is 22.5. The third-order valence-electron chi connectivity index (χ3n) is 6.93. The summed E-state index contributed by atoms with van der Waals surface area (Å²) in [5, 5.41) is 10.1. The molecule has 2 aromatic carbocycles. The van der Waals surface area contributed by atoms with E-state index in [9.17, 15) is 10.1 Å². The van der Waals surface area contributed by atoms with E-state index in [1.165, 1.54) is 0 Å². The van der Waals surface area contributed by atoms with Crippen molar-refractivity contribution >= 4 is 23.3 Å². The van der Waals surface area contributed by atoms with Crippen molar-refractivity contribution in [3.63, 3.8) is 0 Å². The number of anilines is 1. The van der Waals surface area contributed by atoms with Gasteiger partial charge < -0.3 is 13.6 Å². The maximum absolute atomic E-state index is 12.7. The molecule has 9 heteroatoms. The molecule has 0 saturated heterocycles. The Morgan fingerprint density at radius 3 is 2.65 bits per heavy atom. The van der Waals surface area contributed by atoms with Crippen LogP contribution in [0.5, 0.6) is 0 Å². The molecule has 4 aromatic heterocycles. The van der Waals surface area contributed by atoms with Crippen LogP contribution < -0.4 is 4.90 Å². The van der Waals surface area contributed by atoms with Crippen molar-refractivity contribution in [3.05, 3.63) is 115 Å². The fourth-order valence-electron chi connectivity index (χ4n) is 4.97. The van der Waals surface area contributed by atoms with E-state index in [4.69, 9.17) is 9.40 Å². The Balaban J connectivity index is 1.42. The summed E-state index contributed by atoms with van der Waals surface area (Å²) in [7, 11) is 0. The first-order valence-electron chi connectivity index (χ1n) is 12.9. The van der Waals surface area contributed by atoms with Crippen LogP contribution in [0.4, 0.5) is 5.88 Å². The maximum Gasteiger partial charge on any atom is 0.217 e. The topological polar surface area (TPSA) is 106 Å². The zero-order valence-electron chi connectivity index (χ0n) is 21.8. The normalized spacial score (nSPS) is 11.8. The lowest BCUT2D eigenvalue weighted by Gasteiger charge is -2.26. The van der Waals surface area contributed by atoms with Gasteiger partial charge in [0, 0.05) is 54.4 Å². The number of carbonyl (C=O) groups excluding carboxylic acids is 1. The molecule has 0 saturated carbocycles. The maximum atomic E-state index is 12.7. The van der Waals surface area contributed by atoms with E-state index in [0.29, 0.717) is 35.8 Å². The molecule has 0 N–H and O–H groups in total. The summed E-state index contributed by atoms with van der Waals surface area (Å²) in [4.78, 5) is 27.7. The second-order valence-electron chi connectivity index (χ2n) is 9.27. The summed E-state index contributed by atoms with van der Waals surface area (Å²) < 4.78 is 10.2. The molecule has 0 radical (unpaired) electrons. The lowest BCUT2D eigenvalue weighted by Crippen LogP contribution is -2.31. The average molecular weight is 528 g/mol. The van der Waals surface area contributed by atoms with Gasteiger partial charge in [-0.3, -0.25) is 14.7 Å². The summed E-state index contributed by atoms with van der Waals surface area (Å²) in [6.45, 7) is 2.70. The molecule has 1 unspecified atom stereocenters. The van der Waals surface area contributed by atoms with E-state index < -0.39 is 6.04 Å². The number of benzene rings is 2. The van der Waals surface area contributed by atoms with E-state index in [0.717, 1.165) is 34.4 Å². The van der Waals surface area contributed by atoms with Crippen LogP contribution in [0, 0.1) is 11.3 Å². The first-order valence-corrected chi connectivity index (χ1v) is 12.9. The fraction of sp³-hybridized carbons (Fsp3) is 0.129. The van der Waals surface area contributed by atoms with Gasteiger partial charge in [0.1, 0.15) is 17.4 Å². The first-order chi connectivity index (χ1) is 19.7. The number of amides is 1. The van der Waals surface area contributed by atoms with Gasteiger partial charge in [-0.25, -0.2) is 9.97 Å². The quantitative estimate of drug-likeness (QED) is 0.223. The number of pyridine rings is 1. The van der Waals surface area contributed by atoms with E-state index in [1.807, 2.05) is 47.3 Å². The molecular weight excluding hydrogens is 502 g/mol. The molecule has 196 valence electrons. The second kappa shape index (κ2) is 10.7. The first kappa shape index (κ1) is 24.8. The minimum Gasteiger partial charge on any atom is -0.440 e. The Hall–Kier alpha value is -5.49. The van der Waals surface area contributed by atoms with Gasteiger partial charge in [-0.05, 0) is 55.0 Å². The number of furan rings is 1. The number of aromatic nitrogens is 5. The van der Waals surface area contributed by atoms with Crippen molar-refractivity contribution < 1.29 is 9.21 Å². The number of rotatable bonds is 9. The molecule has 40 heavy (non-hydrogen) atoms. The second-order valence-corrected chi connectivity index (χ2v) is 9.27. The van der Waals surface area contributed by atoms with Crippen LogP contribution in [0.1, 0.15) is 30.0 Å². The molecule has 0 spiro atoms. The SMILES string of the molecule is CCn1c(-c2ccc(-n3ccnc3)cc2)cnc1C(Cc1ccccn1)N(C=O)c1cc2cc(C#N)ccc2o1. The lowest BCUT2D eigenvalue weighted by molar-refractivity contribution is -0.108. The number of nitriles is 1. The van der Waals surface area contributed by atoms with Crippen LogP contribution >= 0.6 is 0 Å². The standard InChI is InChI=1S/C31H25N7O2/c1-2-37-28(23-7-9-26(10-8-23)36-14-13-33-20-36)19-35-31(37)27(17-25-5-3-4-12-34-25)38(21-39)30-16-24-15-22(18-32)6-11-29(24)40-30/h3-16,19-21,27H,2,17H2,1H3. The van der Waals surface area contributed by atoms with Gasteiger partial charge in [-0.15, -0.1) is 0 Å². The number of imidazole rings is 2. The highest BCUT2D eigenvalue weighted by Crippen LogP contribution is 2.35. The molecule has 4 heterocycles. The highest BCUT2D eigenvalue weighted by atomic mass is 16.4. The smallest absolute Gasteiger partial charge is 0.217 e. The number of hydrogen-bond donors (Lipinski definition) is 0. The van der Waals surface area contributed by atoms with Crippen LogP contribution in [0.2, 0.25) is 0 Å². The van der Waals surface area contributed by atoms with Gasteiger partial charge in [-0.2, -0.15) is 5.26 Å². The van der Waals surface area contributed by atoms with E-state index in [1.54, 1.807) is 47.9 Å². The predicted molar refractivity (Wildman–Crippen MR) is 151 cm³/mol. The molecule has 1 amide bonds. The van der Waals surface area contributed by atoms with E-state index in [-0.39, 0.29) is 0 Å². The van der Waals surface area contributed by atoms with Gasteiger partial charge in [-0.1, -0.05) is 18.2 Å². The van der Waals surface area contributed by atoms with E-state index >= 15 is 0 Å². The van der Waals surface area contributed by atoms with Crippen molar-refractivity contribution in [1.29, 1.82) is 5.26 Å². The Kier molecular flexibility index (Phi) is 6.65. The summed E-state index contributed by atoms with van der Waals surface area (Å²) >= 11 is 0. The highest BCUT2D eigenvalue weighted by Gasteiger charge is 2.29. The van der Waals surface area contributed by atoms with Crippen molar-refractivity contribution in [1.82, 2.24) is 24.1 Å². The van der Waals surface area contributed by atoms with Gasteiger partial charge in [0.15, 0.2) is 0 Å². The Morgan fingerprint density at radius 2 is 1.95 bits per heavy atom. The van der Waals surface area contributed by atoms with Crippen LogP contribution in [-0.4, -0.2) is 30.5 Å². The average Bonchev–Trinajstić information content (AvgIpc) is 3.77. The molecule has 6 rings (SSSR count). The number of carbonyl (C=O) groups is 1. The molecule has 1 atom stereocenters. The number of fused-ring (bicyclic) bond motifs is 1. The monoisotopic (exact) mass is 527 g/mol. The summed E-state index contributed by atoms with van der Waals surface area (Å²) in [6.07, 6.45) is 10.2. The van der Waals surface area contributed by atoms with Crippen LogP contribution in [0.3, 0.4) is 0 Å². The van der Waals surface area contributed by atoms with Gasteiger partial charge in [0.2, 0.25) is 12.3 Å². The van der Waals surface area contributed by atoms with Crippen molar-refractivity contribution in [3.8, 4) is 23.0 Å². The van der Waals surface area contributed by atoms with Crippen LogP contribution in [-0.2, 0) is 17.8 Å². The Bertz CT molecular complexity index is 1800. The minimum atomic E-state index is -0.498. The van der Waals surface area contributed by atoms with E-state index in [2.05, 4.69) is 39.7 Å². The largest absolute Gasteiger partial charge is 0.440 e. The molecule has 6 aromatic rings. The third kappa shape index (κ3) is 4.63. The van der Waals surface area contributed by atoms with Gasteiger partial charge in [0.05, 0.1) is 29.9 Å². The zero-order valence-corrected chi connectivity index (χ0v) is 21.8. The molecule has 0 aliphatic carbocycles. The Labute approximate surface area is 230 Å². The predicted octanol–water partition coefficient (Wildman–Crippen LogP) is 5.72. The minimum absolute atomic E-state index is 0.373. The highest BCUT2D eigenvalue weighted by molar-refractivity contribution is 5.86. The molecule has 0 aliphatic heterocycles.